The summed E-state index contributed by atoms with van der Waals surface area (Å²) in [6.07, 6.45) is 0. The molecule has 0 saturated carbocycles. The molecule has 0 bridgehead atoms. The Bertz CT molecular complexity index is 722. The van der Waals surface area contributed by atoms with Crippen molar-refractivity contribution in [1.29, 1.82) is 0 Å². The van der Waals surface area contributed by atoms with Crippen LogP contribution in [0.1, 0.15) is 30.4 Å². The van der Waals surface area contributed by atoms with E-state index in [-0.39, 0.29) is 18.2 Å². The first kappa shape index (κ1) is 16.0. The molecule has 1 N–H and O–H groups in total. The van der Waals surface area contributed by atoms with Gasteiger partial charge in [0.2, 0.25) is 0 Å². The van der Waals surface area contributed by atoms with Gasteiger partial charge in [-0.1, -0.05) is 18.2 Å². The number of hydrogen-bond acceptors (Lipinski definition) is 4. The minimum absolute atomic E-state index is 0.0485. The zero-order chi connectivity index (χ0) is 15.7. The fourth-order valence-electron chi connectivity index (χ4n) is 1.79. The standard InChI is InChI=1S/C15H19NO3S2/c1-15(2,3)21(18,19)9-8-16-14(17)13-10-11-6-4-5-7-12(11)20-13/h4-7,10H,8-9H2,1-3H3,(H,16,17). The van der Waals surface area contributed by atoms with Crippen LogP contribution in [-0.2, 0) is 9.84 Å². The van der Waals surface area contributed by atoms with Crippen molar-refractivity contribution in [2.75, 3.05) is 12.3 Å². The number of sulfone groups is 1. The van der Waals surface area contributed by atoms with Crippen LogP contribution in [0.2, 0.25) is 0 Å². The van der Waals surface area contributed by atoms with E-state index in [9.17, 15) is 13.2 Å². The number of amides is 1. The van der Waals surface area contributed by atoms with Crippen LogP contribution in [0.5, 0.6) is 0 Å². The van der Waals surface area contributed by atoms with Gasteiger partial charge in [-0.2, -0.15) is 0 Å². The predicted octanol–water partition coefficient (Wildman–Crippen LogP) is 2.84. The highest BCUT2D eigenvalue weighted by Gasteiger charge is 2.28. The highest BCUT2D eigenvalue weighted by molar-refractivity contribution is 7.92. The van der Waals surface area contributed by atoms with Gasteiger partial charge in [0.25, 0.3) is 5.91 Å². The maximum absolute atomic E-state index is 12.1. The zero-order valence-corrected chi connectivity index (χ0v) is 14.0. The monoisotopic (exact) mass is 325 g/mol. The third kappa shape index (κ3) is 3.63. The number of hydrogen-bond donors (Lipinski definition) is 1. The van der Waals surface area contributed by atoms with Gasteiger partial charge in [0.1, 0.15) is 0 Å². The van der Waals surface area contributed by atoms with Crippen molar-refractivity contribution < 1.29 is 13.2 Å². The molecule has 4 nitrogen and oxygen atoms in total. The summed E-state index contributed by atoms with van der Waals surface area (Å²) >= 11 is 1.41. The van der Waals surface area contributed by atoms with E-state index < -0.39 is 14.6 Å². The molecule has 0 aliphatic carbocycles. The summed E-state index contributed by atoms with van der Waals surface area (Å²) in [4.78, 5) is 12.7. The lowest BCUT2D eigenvalue weighted by atomic mass is 10.2. The third-order valence-electron chi connectivity index (χ3n) is 3.24. The molecule has 1 aromatic carbocycles. The summed E-state index contributed by atoms with van der Waals surface area (Å²) in [5, 5.41) is 3.70. The topological polar surface area (TPSA) is 63.2 Å². The first-order valence-corrected chi connectivity index (χ1v) is 9.17. The number of carbonyl (C=O) groups is 1. The molecule has 0 saturated heterocycles. The minimum atomic E-state index is -3.21. The normalized spacial score (nSPS) is 12.5. The fraction of sp³-hybridized carbons (Fsp3) is 0.400. The summed E-state index contributed by atoms with van der Waals surface area (Å²) in [6.45, 7) is 5.12. The van der Waals surface area contributed by atoms with Crippen LogP contribution in [0.15, 0.2) is 30.3 Å². The van der Waals surface area contributed by atoms with Gasteiger partial charge in [0, 0.05) is 11.2 Å². The Labute approximate surface area is 129 Å². The molecule has 0 aliphatic rings. The van der Waals surface area contributed by atoms with Gasteiger partial charge in [-0.3, -0.25) is 4.79 Å². The average Bonchev–Trinajstić information content (AvgIpc) is 2.80. The largest absolute Gasteiger partial charge is 0.350 e. The SMILES string of the molecule is CC(C)(C)S(=O)(=O)CCNC(=O)c1cc2ccccc2s1. The first-order valence-electron chi connectivity index (χ1n) is 6.70. The van der Waals surface area contributed by atoms with Gasteiger partial charge in [0.15, 0.2) is 9.84 Å². The highest BCUT2D eigenvalue weighted by Crippen LogP contribution is 2.25. The van der Waals surface area contributed by atoms with Crippen LogP contribution in [0.3, 0.4) is 0 Å². The number of benzene rings is 1. The average molecular weight is 325 g/mol. The number of rotatable bonds is 4. The highest BCUT2D eigenvalue weighted by atomic mass is 32.2. The van der Waals surface area contributed by atoms with Crippen LogP contribution in [0.4, 0.5) is 0 Å². The lowest BCUT2D eigenvalue weighted by Gasteiger charge is -2.19. The van der Waals surface area contributed by atoms with Crippen molar-refractivity contribution >= 4 is 37.2 Å². The lowest BCUT2D eigenvalue weighted by Crippen LogP contribution is -2.36. The number of nitrogens with one attached hydrogen (secondary N) is 1. The van der Waals surface area contributed by atoms with E-state index >= 15 is 0 Å². The van der Waals surface area contributed by atoms with Gasteiger partial charge in [0.05, 0.1) is 15.4 Å². The Hall–Kier alpha value is -1.40. The molecule has 0 unspecified atom stereocenters. The maximum atomic E-state index is 12.1. The van der Waals surface area contributed by atoms with Crippen molar-refractivity contribution in [1.82, 2.24) is 5.32 Å². The number of thiophene rings is 1. The Kier molecular flexibility index (Phi) is 4.39. The molecule has 0 atom stereocenters. The zero-order valence-electron chi connectivity index (χ0n) is 12.3. The lowest BCUT2D eigenvalue weighted by molar-refractivity contribution is 0.0960. The fourth-order valence-corrected chi connectivity index (χ4v) is 3.75. The molecule has 0 spiro atoms. The summed E-state index contributed by atoms with van der Waals surface area (Å²) in [7, 11) is -3.21. The van der Waals surface area contributed by atoms with E-state index in [2.05, 4.69) is 5.32 Å². The van der Waals surface area contributed by atoms with Crippen molar-refractivity contribution in [3.05, 3.63) is 35.2 Å². The number of fused-ring (bicyclic) bond motifs is 1. The first-order chi connectivity index (χ1) is 9.71. The molecule has 21 heavy (non-hydrogen) atoms. The van der Waals surface area contributed by atoms with Gasteiger partial charge in [-0.05, 0) is 38.3 Å². The minimum Gasteiger partial charge on any atom is -0.350 e. The van der Waals surface area contributed by atoms with E-state index in [1.165, 1.54) is 11.3 Å². The van der Waals surface area contributed by atoms with Gasteiger partial charge < -0.3 is 5.32 Å². The van der Waals surface area contributed by atoms with Crippen molar-refractivity contribution in [2.45, 2.75) is 25.5 Å². The predicted molar refractivity (Wildman–Crippen MR) is 87.7 cm³/mol. The Balaban J connectivity index is 1.99. The molecule has 114 valence electrons. The maximum Gasteiger partial charge on any atom is 0.261 e. The molecular formula is C15H19NO3S2. The molecular weight excluding hydrogens is 306 g/mol. The summed E-state index contributed by atoms with van der Waals surface area (Å²) < 4.78 is 24.2. The van der Waals surface area contributed by atoms with E-state index in [0.717, 1.165) is 10.1 Å². The van der Waals surface area contributed by atoms with Crippen molar-refractivity contribution in [3.63, 3.8) is 0 Å². The Morgan fingerprint density at radius 2 is 1.90 bits per heavy atom. The smallest absolute Gasteiger partial charge is 0.261 e. The molecule has 0 fully saturated rings. The second kappa shape index (κ2) is 5.77. The van der Waals surface area contributed by atoms with E-state index in [1.807, 2.05) is 30.3 Å². The van der Waals surface area contributed by atoms with Crippen LogP contribution in [0, 0.1) is 0 Å². The van der Waals surface area contributed by atoms with Gasteiger partial charge >= 0.3 is 0 Å². The van der Waals surface area contributed by atoms with E-state index in [1.54, 1.807) is 20.8 Å². The van der Waals surface area contributed by atoms with E-state index in [0.29, 0.717) is 4.88 Å². The molecule has 1 amide bonds. The van der Waals surface area contributed by atoms with Crippen molar-refractivity contribution in [2.24, 2.45) is 0 Å². The second-order valence-corrected chi connectivity index (χ2v) is 9.78. The van der Waals surface area contributed by atoms with Gasteiger partial charge in [-0.15, -0.1) is 11.3 Å². The van der Waals surface area contributed by atoms with Crippen molar-refractivity contribution in [3.8, 4) is 0 Å². The molecule has 2 rings (SSSR count). The molecule has 0 radical (unpaired) electrons. The quantitative estimate of drug-likeness (QED) is 0.940. The molecule has 1 heterocycles. The van der Waals surface area contributed by atoms with Crippen LogP contribution < -0.4 is 5.32 Å². The molecule has 0 aliphatic heterocycles. The molecule has 2 aromatic rings. The van der Waals surface area contributed by atoms with Crippen LogP contribution in [-0.4, -0.2) is 31.4 Å². The number of carbonyl (C=O) groups excluding carboxylic acids is 1. The molecule has 1 aromatic heterocycles. The van der Waals surface area contributed by atoms with Gasteiger partial charge in [-0.25, -0.2) is 8.42 Å². The summed E-state index contributed by atoms with van der Waals surface area (Å²) in [5.41, 5.74) is 0. The summed E-state index contributed by atoms with van der Waals surface area (Å²) in [6, 6.07) is 9.59. The summed E-state index contributed by atoms with van der Waals surface area (Å²) in [5.74, 6) is -0.270. The second-order valence-electron chi connectivity index (χ2n) is 5.84. The Morgan fingerprint density at radius 1 is 1.24 bits per heavy atom. The molecule has 6 heteroatoms. The van der Waals surface area contributed by atoms with Crippen LogP contribution >= 0.6 is 11.3 Å². The third-order valence-corrected chi connectivity index (χ3v) is 6.96. The van der Waals surface area contributed by atoms with Crippen LogP contribution in [0.25, 0.3) is 10.1 Å². The van der Waals surface area contributed by atoms with E-state index in [4.69, 9.17) is 0 Å². The Morgan fingerprint density at radius 3 is 2.52 bits per heavy atom.